The maximum absolute atomic E-state index is 12.3. The lowest BCUT2D eigenvalue weighted by Gasteiger charge is -2.23. The Bertz CT molecular complexity index is 660. The van der Waals surface area contributed by atoms with Crippen molar-refractivity contribution in [3.05, 3.63) is 28.2 Å². The highest BCUT2D eigenvalue weighted by Crippen LogP contribution is 2.26. The molecule has 0 fully saturated rings. The fourth-order valence-electron chi connectivity index (χ4n) is 2.47. The molecule has 0 aromatic heterocycles. The van der Waals surface area contributed by atoms with Gasteiger partial charge in [0.15, 0.2) is 0 Å². The van der Waals surface area contributed by atoms with E-state index in [1.807, 2.05) is 0 Å². The number of nitrogens with zero attached hydrogens (tertiary/aromatic N) is 1. The predicted molar refractivity (Wildman–Crippen MR) is 105 cm³/mol. The highest BCUT2D eigenvalue weighted by atomic mass is 35.5. The van der Waals surface area contributed by atoms with Gasteiger partial charge in [0.2, 0.25) is 15.9 Å². The monoisotopic (exact) mass is 408 g/mol. The highest BCUT2D eigenvalue weighted by Gasteiger charge is 2.22. The minimum Gasteiger partial charge on any atom is -0.354 e. The smallest absolute Gasteiger partial charge is 0.240 e. The van der Waals surface area contributed by atoms with Crippen LogP contribution in [0.3, 0.4) is 0 Å². The van der Waals surface area contributed by atoms with E-state index < -0.39 is 10.0 Å². The number of hydrogen-bond acceptors (Lipinski definition) is 3. The van der Waals surface area contributed by atoms with E-state index in [1.165, 1.54) is 18.2 Å². The van der Waals surface area contributed by atoms with E-state index in [1.54, 1.807) is 0 Å². The molecule has 0 aliphatic rings. The fourth-order valence-corrected chi connectivity index (χ4v) is 3.83. The van der Waals surface area contributed by atoms with Crippen molar-refractivity contribution < 1.29 is 13.2 Å². The van der Waals surface area contributed by atoms with E-state index in [9.17, 15) is 13.2 Å². The molecule has 1 rings (SSSR count). The predicted octanol–water partition coefficient (Wildman–Crippen LogP) is 4.09. The minimum atomic E-state index is -3.65. The zero-order chi connectivity index (χ0) is 19.0. The summed E-state index contributed by atoms with van der Waals surface area (Å²) >= 11 is 11.9. The first-order valence-corrected chi connectivity index (χ1v) is 11.0. The molecule has 5 nitrogen and oxygen atoms in total. The van der Waals surface area contributed by atoms with E-state index in [4.69, 9.17) is 23.2 Å². The van der Waals surface area contributed by atoms with Crippen molar-refractivity contribution in [2.24, 2.45) is 5.92 Å². The summed E-state index contributed by atoms with van der Waals surface area (Å²) in [4.78, 5) is 12.3. The molecule has 0 bridgehead atoms. The highest BCUT2D eigenvalue weighted by molar-refractivity contribution is 7.92. The summed E-state index contributed by atoms with van der Waals surface area (Å²) in [7, 11) is -3.65. The van der Waals surface area contributed by atoms with Crippen LogP contribution in [0.15, 0.2) is 18.2 Å². The molecule has 0 heterocycles. The molecule has 0 saturated carbocycles. The Morgan fingerprint density at radius 3 is 2.28 bits per heavy atom. The van der Waals surface area contributed by atoms with Crippen LogP contribution in [0, 0.1) is 5.92 Å². The molecule has 0 aliphatic heterocycles. The summed E-state index contributed by atoms with van der Waals surface area (Å²) in [5.41, 5.74) is 0.271. The van der Waals surface area contributed by atoms with Gasteiger partial charge in [-0.05, 0) is 30.5 Å². The quantitative estimate of drug-likeness (QED) is 0.633. The van der Waals surface area contributed by atoms with Crippen molar-refractivity contribution in [2.75, 3.05) is 23.7 Å². The Hall–Kier alpha value is -0.980. The van der Waals surface area contributed by atoms with E-state index in [2.05, 4.69) is 19.2 Å². The van der Waals surface area contributed by atoms with Crippen LogP contribution in [0.4, 0.5) is 5.69 Å². The molecule has 0 aliphatic carbocycles. The van der Waals surface area contributed by atoms with Crippen LogP contribution in [-0.4, -0.2) is 33.7 Å². The normalized spacial score (nSPS) is 12.7. The Labute approximate surface area is 160 Å². The van der Waals surface area contributed by atoms with Crippen molar-refractivity contribution in [2.45, 2.75) is 39.5 Å². The molecule has 1 aromatic rings. The number of nitrogens with one attached hydrogen (secondary N) is 1. The van der Waals surface area contributed by atoms with Gasteiger partial charge in [0.05, 0.1) is 11.9 Å². The summed E-state index contributed by atoms with van der Waals surface area (Å²) in [5, 5.41) is 3.45. The van der Waals surface area contributed by atoms with Gasteiger partial charge in [-0.2, -0.15) is 0 Å². The molecule has 25 heavy (non-hydrogen) atoms. The second kappa shape index (κ2) is 10.2. The molecular weight excluding hydrogens is 383 g/mol. The summed E-state index contributed by atoms with van der Waals surface area (Å²) in [5.74, 6) is 0.0488. The third kappa shape index (κ3) is 7.84. The maximum Gasteiger partial charge on any atom is 0.240 e. The van der Waals surface area contributed by atoms with Gasteiger partial charge in [0, 0.05) is 16.6 Å². The molecule has 1 atom stereocenters. The largest absolute Gasteiger partial charge is 0.354 e. The first-order valence-electron chi connectivity index (χ1n) is 8.37. The molecule has 8 heteroatoms. The summed E-state index contributed by atoms with van der Waals surface area (Å²) in [6.07, 6.45) is 5.30. The van der Waals surface area contributed by atoms with Crippen molar-refractivity contribution in [1.82, 2.24) is 5.32 Å². The minimum absolute atomic E-state index is 0.271. The van der Waals surface area contributed by atoms with Gasteiger partial charge in [-0.1, -0.05) is 56.3 Å². The Balaban J connectivity index is 2.81. The number of carbonyl (C=O) groups excluding carboxylic acids is 1. The third-order valence-electron chi connectivity index (χ3n) is 3.95. The Kier molecular flexibility index (Phi) is 9.03. The van der Waals surface area contributed by atoms with Gasteiger partial charge in [-0.15, -0.1) is 0 Å². The van der Waals surface area contributed by atoms with Crippen LogP contribution < -0.4 is 9.62 Å². The first-order chi connectivity index (χ1) is 11.7. The molecule has 0 radical (unpaired) electrons. The van der Waals surface area contributed by atoms with E-state index in [-0.39, 0.29) is 18.1 Å². The van der Waals surface area contributed by atoms with E-state index in [0.717, 1.165) is 36.2 Å². The second-order valence-electron chi connectivity index (χ2n) is 6.12. The summed E-state index contributed by atoms with van der Waals surface area (Å²) in [6, 6.07) is 4.45. The first kappa shape index (κ1) is 22.1. The van der Waals surface area contributed by atoms with Gasteiger partial charge in [0.25, 0.3) is 0 Å². The van der Waals surface area contributed by atoms with E-state index >= 15 is 0 Å². The Morgan fingerprint density at radius 1 is 1.20 bits per heavy atom. The van der Waals surface area contributed by atoms with Crippen molar-refractivity contribution in [1.29, 1.82) is 0 Å². The standard InChI is InChI=1S/C17H26Cl2N2O3S/c1-4-6-7-13(5-2)11-20-17(22)12-21(25(3,23)24)16-9-14(18)8-15(19)10-16/h8-10,13H,4-7,11-12H2,1-3H3,(H,20,22)/t13-/m1/s1. The third-order valence-corrected chi connectivity index (χ3v) is 5.53. The molecular formula is C17H26Cl2N2O3S. The van der Waals surface area contributed by atoms with Crippen LogP contribution in [0.2, 0.25) is 10.0 Å². The van der Waals surface area contributed by atoms with Crippen molar-refractivity contribution >= 4 is 44.8 Å². The number of amides is 1. The molecule has 142 valence electrons. The van der Waals surface area contributed by atoms with Crippen LogP contribution in [0.25, 0.3) is 0 Å². The zero-order valence-electron chi connectivity index (χ0n) is 14.9. The average Bonchev–Trinajstić information content (AvgIpc) is 2.50. The van der Waals surface area contributed by atoms with Crippen LogP contribution >= 0.6 is 23.2 Å². The maximum atomic E-state index is 12.3. The number of hydrogen-bond donors (Lipinski definition) is 1. The number of anilines is 1. The summed E-state index contributed by atoms with van der Waals surface area (Å²) in [6.45, 7) is 4.46. The van der Waals surface area contributed by atoms with Gasteiger partial charge < -0.3 is 5.32 Å². The lowest BCUT2D eigenvalue weighted by atomic mass is 9.99. The molecule has 1 aromatic carbocycles. The lowest BCUT2D eigenvalue weighted by molar-refractivity contribution is -0.119. The molecule has 1 N–H and O–H groups in total. The SMILES string of the molecule is CCCC[C@@H](CC)CNC(=O)CN(c1cc(Cl)cc(Cl)c1)S(C)(=O)=O. The van der Waals surface area contributed by atoms with Crippen LogP contribution in [-0.2, 0) is 14.8 Å². The van der Waals surface area contributed by atoms with Crippen LogP contribution in [0.1, 0.15) is 39.5 Å². The van der Waals surface area contributed by atoms with Gasteiger partial charge >= 0.3 is 0 Å². The average molecular weight is 409 g/mol. The number of rotatable bonds is 10. The number of sulfonamides is 1. The summed E-state index contributed by atoms with van der Waals surface area (Å²) < 4.78 is 25.2. The number of unbranched alkanes of at least 4 members (excludes halogenated alkanes) is 1. The Morgan fingerprint density at radius 2 is 1.80 bits per heavy atom. The zero-order valence-corrected chi connectivity index (χ0v) is 17.2. The van der Waals surface area contributed by atoms with Gasteiger partial charge in [-0.3, -0.25) is 9.10 Å². The molecule has 0 spiro atoms. The molecule has 0 saturated heterocycles. The van der Waals surface area contributed by atoms with Crippen LogP contribution in [0.5, 0.6) is 0 Å². The number of carbonyl (C=O) groups is 1. The number of benzene rings is 1. The van der Waals surface area contributed by atoms with Crippen molar-refractivity contribution in [3.63, 3.8) is 0 Å². The van der Waals surface area contributed by atoms with Gasteiger partial charge in [-0.25, -0.2) is 8.42 Å². The molecule has 1 amide bonds. The number of halogens is 2. The van der Waals surface area contributed by atoms with E-state index in [0.29, 0.717) is 22.5 Å². The second-order valence-corrected chi connectivity index (χ2v) is 8.90. The fraction of sp³-hybridized carbons (Fsp3) is 0.588. The molecule has 0 unspecified atom stereocenters. The topological polar surface area (TPSA) is 66.5 Å². The van der Waals surface area contributed by atoms with Gasteiger partial charge in [0.1, 0.15) is 6.54 Å². The lowest BCUT2D eigenvalue weighted by Crippen LogP contribution is -2.41. The van der Waals surface area contributed by atoms with Crippen molar-refractivity contribution in [3.8, 4) is 0 Å².